The number of H-pyrrole nitrogens is 1. The van der Waals surface area contributed by atoms with Gasteiger partial charge >= 0.3 is 0 Å². The highest BCUT2D eigenvalue weighted by molar-refractivity contribution is 5.91. The maximum Gasteiger partial charge on any atom is 0.229 e. The van der Waals surface area contributed by atoms with Crippen LogP contribution in [0, 0.1) is 5.92 Å². The lowest BCUT2D eigenvalue weighted by Crippen LogP contribution is -2.24. The zero-order valence-corrected chi connectivity index (χ0v) is 7.21. The van der Waals surface area contributed by atoms with Crippen molar-refractivity contribution in [2.45, 2.75) is 6.42 Å². The molecular weight excluding hydrogens is 168 g/mol. The van der Waals surface area contributed by atoms with Crippen molar-refractivity contribution in [3.63, 3.8) is 0 Å². The minimum atomic E-state index is 0.0641. The van der Waals surface area contributed by atoms with E-state index in [2.05, 4.69) is 20.8 Å². The molecule has 3 N–H and O–H groups in total. The summed E-state index contributed by atoms with van der Waals surface area (Å²) >= 11 is 0. The van der Waals surface area contributed by atoms with E-state index in [0.29, 0.717) is 5.82 Å². The zero-order chi connectivity index (χ0) is 9.10. The first kappa shape index (κ1) is 8.25. The summed E-state index contributed by atoms with van der Waals surface area (Å²) in [4.78, 5) is 11.5. The lowest BCUT2D eigenvalue weighted by molar-refractivity contribution is -0.119. The molecule has 0 spiro atoms. The van der Waals surface area contributed by atoms with E-state index in [9.17, 15) is 4.79 Å². The van der Waals surface area contributed by atoms with Crippen LogP contribution in [0.15, 0.2) is 12.3 Å². The van der Waals surface area contributed by atoms with Crippen LogP contribution in [-0.4, -0.2) is 29.2 Å². The number of carbonyl (C=O) groups excluding carboxylic acids is 1. The Labute approximate surface area is 75.9 Å². The molecule has 0 saturated carbocycles. The second kappa shape index (κ2) is 3.57. The van der Waals surface area contributed by atoms with Crippen LogP contribution >= 0.6 is 0 Å². The minimum Gasteiger partial charge on any atom is -0.316 e. The van der Waals surface area contributed by atoms with Gasteiger partial charge in [0.25, 0.3) is 0 Å². The Balaban J connectivity index is 1.91. The Hall–Kier alpha value is -1.36. The van der Waals surface area contributed by atoms with Gasteiger partial charge in [0.15, 0.2) is 0 Å². The monoisotopic (exact) mass is 180 g/mol. The molecular formula is C8H12N4O. The number of hydrogen-bond donors (Lipinski definition) is 3. The van der Waals surface area contributed by atoms with Gasteiger partial charge in [-0.3, -0.25) is 9.89 Å². The van der Waals surface area contributed by atoms with E-state index in [1.54, 1.807) is 12.3 Å². The first-order valence-electron chi connectivity index (χ1n) is 4.37. The van der Waals surface area contributed by atoms with Crippen molar-refractivity contribution in [3.05, 3.63) is 12.3 Å². The van der Waals surface area contributed by atoms with Gasteiger partial charge in [-0.2, -0.15) is 5.10 Å². The third-order valence-corrected chi connectivity index (χ3v) is 2.19. The molecule has 13 heavy (non-hydrogen) atoms. The summed E-state index contributed by atoms with van der Waals surface area (Å²) in [6, 6.07) is 1.74. The lowest BCUT2D eigenvalue weighted by Gasteiger charge is -2.07. The number of amides is 1. The van der Waals surface area contributed by atoms with Crippen molar-refractivity contribution in [2.24, 2.45) is 5.92 Å². The molecule has 1 fully saturated rings. The summed E-state index contributed by atoms with van der Waals surface area (Å²) in [6.45, 7) is 1.71. The van der Waals surface area contributed by atoms with Gasteiger partial charge in [-0.25, -0.2) is 0 Å². The Morgan fingerprint density at radius 3 is 3.23 bits per heavy atom. The van der Waals surface area contributed by atoms with Crippen molar-refractivity contribution in [1.82, 2.24) is 15.5 Å². The molecule has 1 saturated heterocycles. The SMILES string of the molecule is O=C(Nc1ccn[nH]1)C1CCNC1. The highest BCUT2D eigenvalue weighted by Crippen LogP contribution is 2.10. The standard InChI is InChI=1S/C8H12N4O/c13-8(6-1-3-9-5-6)11-7-2-4-10-12-7/h2,4,6,9H,1,3,5H2,(H2,10,11,12,13). The van der Waals surface area contributed by atoms with E-state index in [-0.39, 0.29) is 11.8 Å². The van der Waals surface area contributed by atoms with Gasteiger partial charge in [-0.15, -0.1) is 0 Å². The molecule has 0 aromatic carbocycles. The van der Waals surface area contributed by atoms with E-state index in [1.807, 2.05) is 0 Å². The molecule has 0 aliphatic carbocycles. The first-order valence-corrected chi connectivity index (χ1v) is 4.37. The van der Waals surface area contributed by atoms with Crippen molar-refractivity contribution < 1.29 is 4.79 Å². The third kappa shape index (κ3) is 1.86. The fourth-order valence-electron chi connectivity index (χ4n) is 1.44. The predicted octanol–water partition coefficient (Wildman–Crippen LogP) is -0.0423. The molecule has 0 bridgehead atoms. The number of hydrogen-bond acceptors (Lipinski definition) is 3. The first-order chi connectivity index (χ1) is 6.36. The molecule has 2 heterocycles. The average Bonchev–Trinajstić information content (AvgIpc) is 2.74. The zero-order valence-electron chi connectivity index (χ0n) is 7.21. The van der Waals surface area contributed by atoms with Gasteiger partial charge in [0.1, 0.15) is 5.82 Å². The van der Waals surface area contributed by atoms with Gasteiger partial charge in [-0.05, 0) is 13.0 Å². The van der Waals surface area contributed by atoms with Gasteiger partial charge < -0.3 is 10.6 Å². The van der Waals surface area contributed by atoms with Crippen LogP contribution in [0.25, 0.3) is 0 Å². The number of aromatic amines is 1. The van der Waals surface area contributed by atoms with Crippen molar-refractivity contribution in [1.29, 1.82) is 0 Å². The maximum absolute atomic E-state index is 11.5. The van der Waals surface area contributed by atoms with Crippen LogP contribution in [0.2, 0.25) is 0 Å². The van der Waals surface area contributed by atoms with E-state index in [1.165, 1.54) is 0 Å². The van der Waals surface area contributed by atoms with Gasteiger partial charge in [0.05, 0.1) is 12.1 Å². The molecule has 5 nitrogen and oxygen atoms in total. The van der Waals surface area contributed by atoms with Crippen LogP contribution in [0.5, 0.6) is 0 Å². The van der Waals surface area contributed by atoms with Gasteiger partial charge in [-0.1, -0.05) is 0 Å². The molecule has 1 aliphatic rings. The normalized spacial score (nSPS) is 21.7. The topological polar surface area (TPSA) is 69.8 Å². The van der Waals surface area contributed by atoms with Crippen molar-refractivity contribution >= 4 is 11.7 Å². The van der Waals surface area contributed by atoms with Crippen molar-refractivity contribution in [2.75, 3.05) is 18.4 Å². The van der Waals surface area contributed by atoms with Gasteiger partial charge in [0, 0.05) is 12.6 Å². The lowest BCUT2D eigenvalue weighted by atomic mass is 10.1. The average molecular weight is 180 g/mol. The summed E-state index contributed by atoms with van der Waals surface area (Å²) in [5.41, 5.74) is 0. The van der Waals surface area contributed by atoms with Crippen LogP contribution in [0.3, 0.4) is 0 Å². The van der Waals surface area contributed by atoms with Crippen molar-refractivity contribution in [3.8, 4) is 0 Å². The highest BCUT2D eigenvalue weighted by Gasteiger charge is 2.22. The molecule has 1 aliphatic heterocycles. The predicted molar refractivity (Wildman–Crippen MR) is 48.2 cm³/mol. The van der Waals surface area contributed by atoms with E-state index >= 15 is 0 Å². The molecule has 5 heteroatoms. The Bertz CT molecular complexity index is 276. The minimum absolute atomic E-state index is 0.0641. The summed E-state index contributed by atoms with van der Waals surface area (Å²) < 4.78 is 0. The second-order valence-corrected chi connectivity index (χ2v) is 3.15. The summed E-state index contributed by atoms with van der Waals surface area (Å²) in [5.74, 6) is 0.828. The maximum atomic E-state index is 11.5. The molecule has 1 aromatic heterocycles. The molecule has 1 atom stereocenters. The van der Waals surface area contributed by atoms with Crippen LogP contribution in [0.4, 0.5) is 5.82 Å². The summed E-state index contributed by atoms with van der Waals surface area (Å²) in [5, 5.41) is 12.3. The highest BCUT2D eigenvalue weighted by atomic mass is 16.2. The number of aromatic nitrogens is 2. The number of anilines is 1. The number of nitrogens with one attached hydrogen (secondary N) is 3. The molecule has 1 amide bonds. The van der Waals surface area contributed by atoms with Gasteiger partial charge in [0.2, 0.25) is 5.91 Å². The number of carbonyl (C=O) groups is 1. The van der Waals surface area contributed by atoms with Crippen LogP contribution in [-0.2, 0) is 4.79 Å². The summed E-state index contributed by atoms with van der Waals surface area (Å²) in [6.07, 6.45) is 2.53. The Morgan fingerprint density at radius 2 is 2.62 bits per heavy atom. The Morgan fingerprint density at radius 1 is 1.69 bits per heavy atom. The number of nitrogens with zero attached hydrogens (tertiary/aromatic N) is 1. The largest absolute Gasteiger partial charge is 0.316 e. The molecule has 2 rings (SSSR count). The van der Waals surface area contributed by atoms with E-state index in [0.717, 1.165) is 19.5 Å². The van der Waals surface area contributed by atoms with Crippen LogP contribution in [0.1, 0.15) is 6.42 Å². The molecule has 0 radical (unpaired) electrons. The van der Waals surface area contributed by atoms with E-state index in [4.69, 9.17) is 0 Å². The Kier molecular flexibility index (Phi) is 2.27. The fraction of sp³-hybridized carbons (Fsp3) is 0.500. The summed E-state index contributed by atoms with van der Waals surface area (Å²) in [7, 11) is 0. The molecule has 1 aromatic rings. The smallest absolute Gasteiger partial charge is 0.229 e. The molecule has 70 valence electrons. The fourth-order valence-corrected chi connectivity index (χ4v) is 1.44. The molecule has 1 unspecified atom stereocenters. The third-order valence-electron chi connectivity index (χ3n) is 2.19. The quantitative estimate of drug-likeness (QED) is 0.598. The van der Waals surface area contributed by atoms with E-state index < -0.39 is 0 Å². The number of rotatable bonds is 2. The van der Waals surface area contributed by atoms with Crippen LogP contribution < -0.4 is 10.6 Å². The second-order valence-electron chi connectivity index (χ2n) is 3.15.